The van der Waals surface area contributed by atoms with Crippen LogP contribution in [0.1, 0.15) is 11.1 Å². The highest BCUT2D eigenvalue weighted by Gasteiger charge is 2.73. The van der Waals surface area contributed by atoms with Gasteiger partial charge in [-0.25, -0.2) is 8.78 Å². The lowest BCUT2D eigenvalue weighted by atomic mass is 9.98. The van der Waals surface area contributed by atoms with Crippen LogP contribution >= 0.6 is 0 Å². The van der Waals surface area contributed by atoms with Crippen molar-refractivity contribution in [1.82, 2.24) is 0 Å². The molecule has 0 spiro atoms. The Morgan fingerprint density at radius 3 is 2.09 bits per heavy atom. The Morgan fingerprint density at radius 2 is 1.57 bits per heavy atom. The maximum atomic E-state index is 13.5. The van der Waals surface area contributed by atoms with E-state index in [0.717, 1.165) is 12.2 Å². The smallest absolute Gasteiger partial charge is 0.460 e. The van der Waals surface area contributed by atoms with Gasteiger partial charge >= 0.3 is 18.0 Å². The summed E-state index contributed by atoms with van der Waals surface area (Å²) in [5.74, 6) is -12.2. The summed E-state index contributed by atoms with van der Waals surface area (Å²) in [5.41, 5.74) is -1.92. The molecule has 0 fully saturated rings. The summed E-state index contributed by atoms with van der Waals surface area (Å²) in [6.07, 6.45) is -9.36. The molecule has 1 nitrogen and oxygen atoms in total. The topological polar surface area (TPSA) is 9.23 Å². The summed E-state index contributed by atoms with van der Waals surface area (Å²) in [5, 5.41) is 0. The molecule has 0 aliphatic carbocycles. The Morgan fingerprint density at radius 1 is 0.957 bits per heavy atom. The monoisotopic (exact) mass is 350 g/mol. The van der Waals surface area contributed by atoms with E-state index in [2.05, 4.69) is 0 Å². The summed E-state index contributed by atoms with van der Waals surface area (Å²) >= 11 is 0. The predicted molar refractivity (Wildman–Crippen MR) is 60.8 cm³/mol. The number of alkyl halides is 9. The van der Waals surface area contributed by atoms with Crippen molar-refractivity contribution >= 4 is 6.08 Å². The minimum atomic E-state index is -6.46. The molecule has 0 aromatic heterocycles. The number of ether oxygens (including phenoxy) is 1. The molecule has 0 N–H and O–H groups in total. The fraction of sp³-hybridized carbons (Fsp3) is 0.385. The maximum Gasteiger partial charge on any atom is 0.460 e. The molecule has 0 bridgehead atoms. The van der Waals surface area contributed by atoms with E-state index >= 15 is 0 Å². The van der Waals surface area contributed by atoms with Gasteiger partial charge in [-0.1, -0.05) is 6.08 Å². The number of hydrogen-bond acceptors (Lipinski definition) is 1. The highest BCUT2D eigenvalue weighted by molar-refractivity contribution is 5.61. The van der Waals surface area contributed by atoms with Crippen LogP contribution in [0, 0.1) is 0 Å². The molecule has 0 saturated carbocycles. The van der Waals surface area contributed by atoms with Crippen molar-refractivity contribution in [3.8, 4) is 5.75 Å². The van der Waals surface area contributed by atoms with Crippen LogP contribution in [0.15, 0.2) is 24.3 Å². The molecule has 1 aliphatic rings. The van der Waals surface area contributed by atoms with Crippen LogP contribution < -0.4 is 4.74 Å². The van der Waals surface area contributed by atoms with Crippen LogP contribution in [0.5, 0.6) is 5.75 Å². The normalized spacial score (nSPS) is 18.8. The predicted octanol–water partition coefficient (Wildman–Crippen LogP) is 5.02. The average Bonchev–Trinajstić information content (AvgIpc) is 2.44. The van der Waals surface area contributed by atoms with Crippen LogP contribution in [-0.4, -0.2) is 24.6 Å². The zero-order chi connectivity index (χ0) is 17.6. The van der Waals surface area contributed by atoms with Gasteiger partial charge in [-0.15, -0.1) is 0 Å². The summed E-state index contributed by atoms with van der Waals surface area (Å²) in [4.78, 5) is 0. The lowest BCUT2D eigenvalue weighted by molar-refractivity contribution is -0.359. The van der Waals surface area contributed by atoms with Crippen LogP contribution in [0.25, 0.3) is 6.08 Å². The van der Waals surface area contributed by atoms with Crippen molar-refractivity contribution in [3.63, 3.8) is 0 Å². The average molecular weight is 350 g/mol. The quantitative estimate of drug-likeness (QED) is 0.696. The van der Waals surface area contributed by atoms with Crippen LogP contribution in [0.2, 0.25) is 0 Å². The Labute approximate surface area is 123 Å². The van der Waals surface area contributed by atoms with Crippen molar-refractivity contribution in [2.45, 2.75) is 30.6 Å². The Kier molecular flexibility index (Phi) is 4.06. The minimum absolute atomic E-state index is 0.278. The van der Waals surface area contributed by atoms with Gasteiger partial charge in [0.1, 0.15) is 5.75 Å². The van der Waals surface area contributed by atoms with Gasteiger partial charge in [0.05, 0.1) is 0 Å². The number of fused-ring (bicyclic) bond motifs is 1. The third kappa shape index (κ3) is 2.86. The highest BCUT2D eigenvalue weighted by Crippen LogP contribution is 2.52. The molecule has 1 atom stereocenters. The van der Waals surface area contributed by atoms with Crippen molar-refractivity contribution in [2.24, 2.45) is 0 Å². The van der Waals surface area contributed by atoms with Gasteiger partial charge in [-0.3, -0.25) is 0 Å². The molecule has 1 aliphatic heterocycles. The molecular weight excluding hydrogens is 343 g/mol. The number of benzene rings is 1. The van der Waals surface area contributed by atoms with E-state index in [1.165, 1.54) is 0 Å². The number of hydrogen-bond donors (Lipinski definition) is 0. The standard InChI is InChI=1S/C13H7F9O/c14-10(15)9-3-1-6-5-7(2-4-8(6)23-9)11(16,17)12(18,19)13(20,21)22/h1-5,9-10H. The zero-order valence-electron chi connectivity index (χ0n) is 10.9. The first-order chi connectivity index (χ1) is 10.4. The van der Waals surface area contributed by atoms with Gasteiger partial charge in [-0.05, 0) is 24.3 Å². The van der Waals surface area contributed by atoms with Crippen LogP contribution in [0.4, 0.5) is 39.5 Å². The second-order valence-electron chi connectivity index (χ2n) is 4.68. The summed E-state index contributed by atoms with van der Waals surface area (Å²) in [6.45, 7) is 0. The minimum Gasteiger partial charge on any atom is -0.480 e. The Bertz CT molecular complexity index is 618. The molecule has 2 rings (SSSR count). The van der Waals surface area contributed by atoms with E-state index in [-0.39, 0.29) is 17.4 Å². The van der Waals surface area contributed by atoms with Gasteiger partial charge in [0, 0.05) is 11.1 Å². The molecule has 1 heterocycles. The molecule has 10 heteroatoms. The van der Waals surface area contributed by atoms with E-state index in [4.69, 9.17) is 4.74 Å². The van der Waals surface area contributed by atoms with E-state index in [0.29, 0.717) is 12.1 Å². The van der Waals surface area contributed by atoms with Gasteiger partial charge in [0.2, 0.25) is 0 Å². The van der Waals surface area contributed by atoms with E-state index < -0.39 is 36.1 Å². The van der Waals surface area contributed by atoms with Crippen molar-refractivity contribution in [2.75, 3.05) is 0 Å². The first-order valence-electron chi connectivity index (χ1n) is 5.98. The SMILES string of the molecule is FC(F)C1C=Cc2cc(C(F)(F)C(F)(F)C(F)(F)F)ccc2O1. The van der Waals surface area contributed by atoms with Crippen LogP contribution in [-0.2, 0) is 5.92 Å². The van der Waals surface area contributed by atoms with E-state index in [1.807, 2.05) is 0 Å². The zero-order valence-corrected chi connectivity index (χ0v) is 10.9. The molecule has 0 amide bonds. The third-order valence-corrected chi connectivity index (χ3v) is 3.10. The van der Waals surface area contributed by atoms with Crippen molar-refractivity contribution in [1.29, 1.82) is 0 Å². The Balaban J connectivity index is 2.41. The second-order valence-corrected chi connectivity index (χ2v) is 4.68. The lowest BCUT2D eigenvalue weighted by Crippen LogP contribution is -2.50. The second kappa shape index (κ2) is 5.34. The van der Waals surface area contributed by atoms with Crippen molar-refractivity contribution in [3.05, 3.63) is 35.4 Å². The molecule has 23 heavy (non-hydrogen) atoms. The summed E-state index contributed by atoms with van der Waals surface area (Å²) in [6, 6.07) is 1.26. The summed E-state index contributed by atoms with van der Waals surface area (Å²) in [7, 11) is 0. The molecule has 1 aromatic carbocycles. The first kappa shape index (κ1) is 17.5. The van der Waals surface area contributed by atoms with Gasteiger partial charge < -0.3 is 4.74 Å². The van der Waals surface area contributed by atoms with Gasteiger partial charge in [0.25, 0.3) is 6.43 Å². The first-order valence-corrected chi connectivity index (χ1v) is 5.98. The fourth-order valence-corrected chi connectivity index (χ4v) is 1.86. The highest BCUT2D eigenvalue weighted by atomic mass is 19.4. The lowest BCUT2D eigenvalue weighted by Gasteiger charge is -2.29. The number of halogens is 9. The van der Waals surface area contributed by atoms with E-state index in [1.54, 1.807) is 0 Å². The number of rotatable bonds is 3. The van der Waals surface area contributed by atoms with Crippen LogP contribution in [0.3, 0.4) is 0 Å². The van der Waals surface area contributed by atoms with E-state index in [9.17, 15) is 39.5 Å². The Hall–Kier alpha value is -1.87. The molecule has 0 saturated heterocycles. The third-order valence-electron chi connectivity index (χ3n) is 3.10. The van der Waals surface area contributed by atoms with Gasteiger partial charge in [-0.2, -0.15) is 30.7 Å². The molecule has 1 unspecified atom stereocenters. The maximum absolute atomic E-state index is 13.5. The molecule has 0 radical (unpaired) electrons. The fourth-order valence-electron chi connectivity index (χ4n) is 1.86. The largest absolute Gasteiger partial charge is 0.480 e. The summed E-state index contributed by atoms with van der Waals surface area (Å²) < 4.78 is 119. The molecule has 128 valence electrons. The van der Waals surface area contributed by atoms with Crippen molar-refractivity contribution < 1.29 is 44.3 Å². The molecule has 1 aromatic rings. The molecular formula is C13H7F9O. The van der Waals surface area contributed by atoms with Gasteiger partial charge in [0.15, 0.2) is 6.10 Å².